The predicted molar refractivity (Wildman–Crippen MR) is 51.4 cm³/mol. The SMILES string of the molecule is F[B-](F)(F)F.N#[N+]c1cc(Cl)cc(C(F)(F)F)c1. The summed E-state index contributed by atoms with van der Waals surface area (Å²) in [7, 11) is -6.00. The maximum Gasteiger partial charge on any atom is 0.673 e. The Bertz CT molecular complexity index is 445. The number of hydrogen-bond donors (Lipinski definition) is 0. The molecule has 1 rings (SSSR count). The number of rotatable bonds is 0. The highest BCUT2D eigenvalue weighted by Gasteiger charge is 2.32. The van der Waals surface area contributed by atoms with Crippen LogP contribution in [0, 0.1) is 5.39 Å². The van der Waals surface area contributed by atoms with Crippen LogP contribution in [0.1, 0.15) is 5.56 Å². The van der Waals surface area contributed by atoms with Gasteiger partial charge in [-0.05, 0) is 6.07 Å². The molecule has 0 aromatic heterocycles. The van der Waals surface area contributed by atoms with Crippen molar-refractivity contribution in [2.45, 2.75) is 6.18 Å². The van der Waals surface area contributed by atoms with E-state index in [0.717, 1.165) is 12.1 Å². The first-order chi connectivity index (χ1) is 7.93. The molecule has 2 nitrogen and oxygen atoms in total. The molecule has 0 aliphatic heterocycles. The van der Waals surface area contributed by atoms with Crippen LogP contribution in [-0.4, -0.2) is 7.25 Å². The van der Waals surface area contributed by atoms with Crippen molar-refractivity contribution in [1.29, 1.82) is 5.39 Å². The Labute approximate surface area is 101 Å². The van der Waals surface area contributed by atoms with Crippen LogP contribution in [0.3, 0.4) is 0 Å². The van der Waals surface area contributed by atoms with Crippen molar-refractivity contribution in [2.75, 3.05) is 0 Å². The van der Waals surface area contributed by atoms with Gasteiger partial charge in [-0.1, -0.05) is 11.6 Å². The summed E-state index contributed by atoms with van der Waals surface area (Å²) in [6, 6.07) is 2.58. The first-order valence-electron chi connectivity index (χ1n) is 4.03. The third-order valence-electron chi connectivity index (χ3n) is 1.33. The fraction of sp³-hybridized carbons (Fsp3) is 0.143. The molecule has 0 heterocycles. The molecule has 0 aliphatic rings. The smallest absolute Gasteiger partial charge is 0.418 e. The van der Waals surface area contributed by atoms with Gasteiger partial charge in [0.1, 0.15) is 0 Å². The fourth-order valence-electron chi connectivity index (χ4n) is 0.796. The molecule has 0 saturated heterocycles. The Morgan fingerprint density at radius 3 is 1.83 bits per heavy atom. The number of alkyl halides is 3. The van der Waals surface area contributed by atoms with Gasteiger partial charge in [0.25, 0.3) is 0 Å². The molecule has 0 aliphatic carbocycles. The predicted octanol–water partition coefficient (Wildman–Crippen LogP) is 5.14. The standard InChI is InChI=1S/C7H3ClF3N2.BF4/c8-5-1-4(7(9,10)11)2-6(3-5)13-12;2-1(3,4)5/h1-3H;/q+1;-1. The van der Waals surface area contributed by atoms with Gasteiger partial charge in [-0.25, -0.2) is 0 Å². The molecule has 0 radical (unpaired) electrons. The summed E-state index contributed by atoms with van der Waals surface area (Å²) in [6.07, 6.45) is -4.48. The largest absolute Gasteiger partial charge is 0.673 e. The average molecular weight is 294 g/mol. The van der Waals surface area contributed by atoms with Crippen molar-refractivity contribution in [3.8, 4) is 0 Å². The summed E-state index contributed by atoms with van der Waals surface area (Å²) >= 11 is 5.36. The van der Waals surface area contributed by atoms with Crippen LogP contribution in [0.15, 0.2) is 18.2 Å². The van der Waals surface area contributed by atoms with E-state index >= 15 is 0 Å². The summed E-state index contributed by atoms with van der Waals surface area (Å²) in [6.45, 7) is 0. The summed E-state index contributed by atoms with van der Waals surface area (Å²) in [4.78, 5) is 2.62. The van der Waals surface area contributed by atoms with Crippen LogP contribution >= 0.6 is 11.6 Å². The third kappa shape index (κ3) is 7.73. The van der Waals surface area contributed by atoms with Gasteiger partial charge in [0, 0.05) is 11.1 Å². The van der Waals surface area contributed by atoms with Crippen molar-refractivity contribution in [2.24, 2.45) is 0 Å². The maximum atomic E-state index is 12.1. The number of halogens is 8. The van der Waals surface area contributed by atoms with E-state index in [1.807, 2.05) is 0 Å². The first-order valence-corrected chi connectivity index (χ1v) is 4.41. The van der Waals surface area contributed by atoms with E-state index in [0.29, 0.717) is 6.07 Å². The molecule has 0 spiro atoms. The van der Waals surface area contributed by atoms with E-state index < -0.39 is 19.0 Å². The summed E-state index contributed by atoms with van der Waals surface area (Å²) in [5, 5.41) is 8.13. The zero-order valence-corrected chi connectivity index (χ0v) is 8.98. The Balaban J connectivity index is 0.000000494. The maximum absolute atomic E-state index is 12.1. The van der Waals surface area contributed by atoms with Crippen molar-refractivity contribution in [3.05, 3.63) is 33.8 Å². The Morgan fingerprint density at radius 2 is 1.50 bits per heavy atom. The molecule has 18 heavy (non-hydrogen) atoms. The summed E-state index contributed by atoms with van der Waals surface area (Å²) in [5.74, 6) is 0. The zero-order chi connectivity index (χ0) is 14.6. The molecule has 1 aromatic carbocycles. The number of benzene rings is 1. The monoisotopic (exact) mass is 294 g/mol. The lowest BCUT2D eigenvalue weighted by Crippen LogP contribution is -2.04. The van der Waals surface area contributed by atoms with Crippen molar-refractivity contribution < 1.29 is 30.4 Å². The minimum atomic E-state index is -6.00. The van der Waals surface area contributed by atoms with Crippen molar-refractivity contribution in [3.63, 3.8) is 0 Å². The molecule has 0 atom stereocenters. The van der Waals surface area contributed by atoms with Crippen LogP contribution in [0.25, 0.3) is 4.98 Å². The highest BCUT2D eigenvalue weighted by molar-refractivity contribution is 6.50. The van der Waals surface area contributed by atoms with Gasteiger partial charge < -0.3 is 17.3 Å². The van der Waals surface area contributed by atoms with Crippen LogP contribution in [0.5, 0.6) is 0 Å². The molecule has 0 saturated carbocycles. The van der Waals surface area contributed by atoms with Gasteiger partial charge in [-0.2, -0.15) is 13.2 Å². The van der Waals surface area contributed by atoms with Gasteiger partial charge in [-0.3, -0.25) is 0 Å². The lowest BCUT2D eigenvalue weighted by atomic mass is 10.2. The molecule has 0 bridgehead atoms. The van der Waals surface area contributed by atoms with Crippen molar-refractivity contribution in [1.82, 2.24) is 0 Å². The normalized spacial score (nSPS) is 11.3. The van der Waals surface area contributed by atoms with Crippen LogP contribution in [-0.2, 0) is 6.18 Å². The van der Waals surface area contributed by atoms with E-state index in [4.69, 9.17) is 17.0 Å². The van der Waals surface area contributed by atoms with Crippen LogP contribution in [0.4, 0.5) is 36.1 Å². The average Bonchev–Trinajstić information content (AvgIpc) is 2.12. The molecule has 1 aromatic rings. The van der Waals surface area contributed by atoms with Gasteiger partial charge in [0.2, 0.25) is 5.39 Å². The second kappa shape index (κ2) is 5.90. The topological polar surface area (TPSA) is 28.1 Å². The molecule has 100 valence electrons. The highest BCUT2D eigenvalue weighted by atomic mass is 35.5. The molecule has 0 N–H and O–H groups in total. The zero-order valence-electron chi connectivity index (χ0n) is 8.23. The lowest BCUT2D eigenvalue weighted by Gasteiger charge is -2.04. The lowest BCUT2D eigenvalue weighted by molar-refractivity contribution is -0.137. The van der Waals surface area contributed by atoms with E-state index in [9.17, 15) is 30.4 Å². The Morgan fingerprint density at radius 1 is 1.06 bits per heavy atom. The van der Waals surface area contributed by atoms with Crippen LogP contribution in [0.2, 0.25) is 5.02 Å². The Kier molecular flexibility index (Phi) is 5.41. The molecule has 0 fully saturated rings. The van der Waals surface area contributed by atoms with E-state index in [1.54, 1.807) is 0 Å². The minimum Gasteiger partial charge on any atom is -0.418 e. The van der Waals surface area contributed by atoms with E-state index in [2.05, 4.69) is 4.98 Å². The first kappa shape index (κ1) is 16.5. The van der Waals surface area contributed by atoms with Gasteiger partial charge >= 0.3 is 19.1 Å². The second-order valence-corrected chi connectivity index (χ2v) is 3.23. The fourth-order valence-corrected chi connectivity index (χ4v) is 1.02. The van der Waals surface area contributed by atoms with Crippen molar-refractivity contribution >= 4 is 24.5 Å². The Hall–Kier alpha value is -1.50. The van der Waals surface area contributed by atoms with E-state index in [1.165, 1.54) is 0 Å². The number of diazo groups is 1. The highest BCUT2D eigenvalue weighted by Crippen LogP contribution is 2.33. The number of nitrogens with zero attached hydrogens (tertiary/aromatic N) is 2. The quantitative estimate of drug-likeness (QED) is 0.370. The van der Waals surface area contributed by atoms with E-state index in [-0.39, 0.29) is 10.7 Å². The van der Waals surface area contributed by atoms with Crippen LogP contribution < -0.4 is 0 Å². The van der Waals surface area contributed by atoms with Gasteiger partial charge in [0.05, 0.1) is 11.6 Å². The minimum absolute atomic E-state index is 0.123. The summed E-state index contributed by atoms with van der Waals surface area (Å²) in [5.41, 5.74) is -1.16. The second-order valence-electron chi connectivity index (χ2n) is 2.79. The summed E-state index contributed by atoms with van der Waals surface area (Å²) < 4.78 is 75.3. The molecule has 0 amide bonds. The van der Waals surface area contributed by atoms with Gasteiger partial charge in [-0.15, -0.1) is 0 Å². The molecular weight excluding hydrogens is 291 g/mol. The molecule has 0 unspecified atom stereocenters. The molecule has 11 heteroatoms. The van der Waals surface area contributed by atoms with Gasteiger partial charge in [0.15, 0.2) is 4.98 Å². The molecular formula is C7H3BClF7N2. The number of hydrogen-bond acceptors (Lipinski definition) is 1. The third-order valence-corrected chi connectivity index (χ3v) is 1.54.